The summed E-state index contributed by atoms with van der Waals surface area (Å²) in [6.45, 7) is 6.84. The highest BCUT2D eigenvalue weighted by molar-refractivity contribution is 5.64. The van der Waals surface area contributed by atoms with Gasteiger partial charge in [0.2, 0.25) is 0 Å². The largest absolute Gasteiger partial charge is 0.392 e. The van der Waals surface area contributed by atoms with Crippen LogP contribution in [0.5, 0.6) is 0 Å². The lowest BCUT2D eigenvalue weighted by Crippen LogP contribution is -2.37. The molecule has 0 unspecified atom stereocenters. The predicted molar refractivity (Wildman–Crippen MR) is 58.5 cm³/mol. The van der Waals surface area contributed by atoms with E-state index in [1.54, 1.807) is 7.05 Å². The van der Waals surface area contributed by atoms with Gasteiger partial charge in [-0.3, -0.25) is 0 Å². The van der Waals surface area contributed by atoms with E-state index in [1.165, 1.54) is 12.8 Å². The molecule has 0 aromatic carbocycles. The Labute approximate surface area is 86.4 Å². The van der Waals surface area contributed by atoms with Crippen LogP contribution in [0.1, 0.15) is 33.6 Å². The fraction of sp³-hybridized carbons (Fsp3) is 0.917. The van der Waals surface area contributed by atoms with Crippen molar-refractivity contribution >= 4 is 6.21 Å². The second kappa shape index (κ2) is 2.82. The van der Waals surface area contributed by atoms with Crippen LogP contribution in [0.3, 0.4) is 0 Å². The summed E-state index contributed by atoms with van der Waals surface area (Å²) in [5.41, 5.74) is 0.363. The standard InChI is InChI=1S/C12H21NO/c1-11(2)9-5-6-12(11,3)10(14)8(9)7-13-4/h7-10,14H,5-6H2,1-4H3/t8-,9+,10+,12-/m0/s1. The summed E-state index contributed by atoms with van der Waals surface area (Å²) in [6, 6.07) is 0. The van der Waals surface area contributed by atoms with Crippen molar-refractivity contribution in [1.29, 1.82) is 0 Å². The van der Waals surface area contributed by atoms with Crippen molar-refractivity contribution in [3.05, 3.63) is 0 Å². The third-order valence-electron chi connectivity index (χ3n) is 5.18. The number of aliphatic hydroxyl groups is 1. The van der Waals surface area contributed by atoms with Gasteiger partial charge in [0.1, 0.15) is 0 Å². The molecule has 2 saturated carbocycles. The topological polar surface area (TPSA) is 32.6 Å². The van der Waals surface area contributed by atoms with Crippen molar-refractivity contribution in [1.82, 2.24) is 0 Å². The molecule has 14 heavy (non-hydrogen) atoms. The number of rotatable bonds is 1. The van der Waals surface area contributed by atoms with Crippen LogP contribution in [-0.2, 0) is 0 Å². The molecule has 2 fully saturated rings. The molecule has 0 aromatic rings. The molecule has 4 atom stereocenters. The summed E-state index contributed by atoms with van der Waals surface area (Å²) in [5.74, 6) is 0.903. The van der Waals surface area contributed by atoms with Crippen molar-refractivity contribution < 1.29 is 5.11 Å². The van der Waals surface area contributed by atoms with Gasteiger partial charge in [0.25, 0.3) is 0 Å². The lowest BCUT2D eigenvalue weighted by Gasteiger charge is -2.37. The van der Waals surface area contributed by atoms with Gasteiger partial charge >= 0.3 is 0 Å². The molecule has 0 spiro atoms. The van der Waals surface area contributed by atoms with Crippen molar-refractivity contribution in [2.75, 3.05) is 7.05 Å². The highest BCUT2D eigenvalue weighted by Crippen LogP contribution is 2.67. The van der Waals surface area contributed by atoms with Crippen molar-refractivity contribution in [2.24, 2.45) is 27.7 Å². The molecule has 2 nitrogen and oxygen atoms in total. The average molecular weight is 195 g/mol. The van der Waals surface area contributed by atoms with Crippen LogP contribution in [-0.4, -0.2) is 24.5 Å². The Morgan fingerprint density at radius 3 is 2.43 bits per heavy atom. The molecule has 0 heterocycles. The third-order valence-corrected chi connectivity index (χ3v) is 5.18. The van der Waals surface area contributed by atoms with Gasteiger partial charge in [0.05, 0.1) is 6.10 Å². The number of hydrogen-bond donors (Lipinski definition) is 1. The Bertz CT molecular complexity index is 271. The van der Waals surface area contributed by atoms with Crippen LogP contribution in [0, 0.1) is 22.7 Å². The van der Waals surface area contributed by atoms with Gasteiger partial charge in [0, 0.05) is 19.2 Å². The van der Waals surface area contributed by atoms with Gasteiger partial charge in [-0.1, -0.05) is 20.8 Å². The maximum absolute atomic E-state index is 10.3. The maximum Gasteiger partial charge on any atom is 0.0679 e. The Morgan fingerprint density at radius 1 is 1.36 bits per heavy atom. The van der Waals surface area contributed by atoms with Crippen molar-refractivity contribution in [3.63, 3.8) is 0 Å². The maximum atomic E-state index is 10.3. The van der Waals surface area contributed by atoms with Crippen molar-refractivity contribution in [3.8, 4) is 0 Å². The van der Waals surface area contributed by atoms with Gasteiger partial charge in [-0.2, -0.15) is 0 Å². The van der Waals surface area contributed by atoms with E-state index in [4.69, 9.17) is 0 Å². The Balaban J connectivity index is 2.38. The summed E-state index contributed by atoms with van der Waals surface area (Å²) in [5, 5.41) is 10.3. The van der Waals surface area contributed by atoms with Crippen LogP contribution in [0.2, 0.25) is 0 Å². The molecule has 0 amide bonds. The summed E-state index contributed by atoms with van der Waals surface area (Å²) >= 11 is 0. The van der Waals surface area contributed by atoms with Gasteiger partial charge in [-0.15, -0.1) is 0 Å². The molecule has 0 aromatic heterocycles. The zero-order chi connectivity index (χ0) is 10.6. The number of aliphatic hydroxyl groups excluding tert-OH is 1. The van der Waals surface area contributed by atoms with Gasteiger partial charge in [-0.25, -0.2) is 0 Å². The summed E-state index contributed by atoms with van der Waals surface area (Å²) in [4.78, 5) is 4.10. The second-order valence-electron chi connectivity index (χ2n) is 5.71. The highest BCUT2D eigenvalue weighted by Gasteiger charge is 2.65. The lowest BCUT2D eigenvalue weighted by atomic mass is 9.70. The fourth-order valence-electron chi connectivity index (χ4n) is 3.77. The first kappa shape index (κ1) is 10.2. The second-order valence-corrected chi connectivity index (χ2v) is 5.71. The minimum absolute atomic E-state index is 0.101. The molecule has 0 radical (unpaired) electrons. The van der Waals surface area contributed by atoms with E-state index >= 15 is 0 Å². The molecular weight excluding hydrogens is 174 g/mol. The van der Waals surface area contributed by atoms with Gasteiger partial charge in [0.15, 0.2) is 0 Å². The first-order chi connectivity index (χ1) is 6.45. The average Bonchev–Trinajstić information content (AvgIpc) is 2.41. The number of nitrogens with zero attached hydrogens (tertiary/aromatic N) is 1. The monoisotopic (exact) mass is 195 g/mol. The zero-order valence-corrected chi connectivity index (χ0v) is 9.62. The predicted octanol–water partition coefficient (Wildman–Crippen LogP) is 2.12. The van der Waals surface area contributed by atoms with Crippen molar-refractivity contribution in [2.45, 2.75) is 39.7 Å². The molecule has 0 aliphatic heterocycles. The van der Waals surface area contributed by atoms with E-state index in [-0.39, 0.29) is 22.9 Å². The third kappa shape index (κ3) is 0.928. The summed E-state index contributed by atoms with van der Waals surface area (Å²) in [7, 11) is 1.80. The molecule has 2 heteroatoms. The van der Waals surface area contributed by atoms with E-state index in [1.807, 2.05) is 6.21 Å². The SMILES string of the molecule is CN=C[C@H]1[C@H]2CC[C@@](C)([C@@H]1O)C2(C)C. The van der Waals surface area contributed by atoms with Gasteiger partial charge < -0.3 is 10.1 Å². The Hall–Kier alpha value is -0.370. The number of fused-ring (bicyclic) bond motifs is 2. The van der Waals surface area contributed by atoms with E-state index < -0.39 is 0 Å². The number of aliphatic imine (C=N–C) groups is 1. The minimum atomic E-state index is -0.194. The van der Waals surface area contributed by atoms with Crippen LogP contribution < -0.4 is 0 Å². The number of hydrogen-bond acceptors (Lipinski definition) is 2. The molecule has 0 saturated heterocycles. The van der Waals surface area contributed by atoms with E-state index in [0.717, 1.165) is 0 Å². The minimum Gasteiger partial charge on any atom is -0.392 e. The summed E-state index contributed by atoms with van der Waals surface area (Å²) in [6.07, 6.45) is 4.18. The molecule has 80 valence electrons. The van der Waals surface area contributed by atoms with Crippen LogP contribution in [0.15, 0.2) is 4.99 Å². The van der Waals surface area contributed by atoms with E-state index in [9.17, 15) is 5.11 Å². The van der Waals surface area contributed by atoms with E-state index in [0.29, 0.717) is 5.92 Å². The summed E-state index contributed by atoms with van der Waals surface area (Å²) < 4.78 is 0. The van der Waals surface area contributed by atoms with Crippen LogP contribution in [0.4, 0.5) is 0 Å². The fourth-order valence-corrected chi connectivity index (χ4v) is 3.77. The zero-order valence-electron chi connectivity index (χ0n) is 9.62. The molecule has 2 rings (SSSR count). The normalized spacial score (nSPS) is 50.5. The first-order valence-corrected chi connectivity index (χ1v) is 5.55. The van der Waals surface area contributed by atoms with E-state index in [2.05, 4.69) is 25.8 Å². The molecule has 1 N–H and O–H groups in total. The van der Waals surface area contributed by atoms with Gasteiger partial charge in [-0.05, 0) is 29.6 Å². The Morgan fingerprint density at radius 2 is 2.00 bits per heavy atom. The molecule has 2 bridgehead atoms. The quantitative estimate of drug-likeness (QED) is 0.639. The molecule has 2 aliphatic rings. The first-order valence-electron chi connectivity index (χ1n) is 5.55. The smallest absolute Gasteiger partial charge is 0.0679 e. The van der Waals surface area contributed by atoms with Crippen LogP contribution in [0.25, 0.3) is 0 Å². The van der Waals surface area contributed by atoms with Crippen LogP contribution >= 0.6 is 0 Å². The highest BCUT2D eigenvalue weighted by atomic mass is 16.3. The molecule has 2 aliphatic carbocycles. The lowest BCUT2D eigenvalue weighted by molar-refractivity contribution is 0.00327. The Kier molecular flexibility index (Phi) is 2.04. The molecular formula is C12H21NO.